The predicted molar refractivity (Wildman–Crippen MR) is 95.8 cm³/mol. The number of fused-ring (bicyclic) bond motifs is 1. The van der Waals surface area contributed by atoms with Gasteiger partial charge in [-0.1, -0.05) is 63.2 Å². The topological polar surface area (TPSA) is 39.2 Å². The Kier molecular flexibility index (Phi) is 4.34. The summed E-state index contributed by atoms with van der Waals surface area (Å²) < 4.78 is 5.92. The molecule has 0 aliphatic rings. The lowest BCUT2D eigenvalue weighted by Gasteiger charge is -2.31. The van der Waals surface area contributed by atoms with E-state index in [9.17, 15) is 4.79 Å². The van der Waals surface area contributed by atoms with Crippen molar-refractivity contribution >= 4 is 16.7 Å². The predicted octanol–water partition coefficient (Wildman–Crippen LogP) is 5.18. The highest BCUT2D eigenvalue weighted by atomic mass is 16.5. The molecule has 0 amide bonds. The number of carbonyl (C=O) groups is 1. The Hall–Kier alpha value is -2.68. The van der Waals surface area contributed by atoms with E-state index >= 15 is 0 Å². The molecule has 3 aromatic rings. The largest absolute Gasteiger partial charge is 0.453 e. The molecule has 3 rings (SSSR count). The molecule has 0 aliphatic heterocycles. The number of esters is 1. The summed E-state index contributed by atoms with van der Waals surface area (Å²) in [6.07, 6.45) is 2.82. The molecule has 3 heteroatoms. The summed E-state index contributed by atoms with van der Waals surface area (Å²) in [7, 11) is 0. The lowest BCUT2D eigenvalue weighted by Crippen LogP contribution is -2.24. The molecule has 1 heterocycles. The van der Waals surface area contributed by atoms with Crippen molar-refractivity contribution in [2.75, 3.05) is 0 Å². The van der Waals surface area contributed by atoms with Gasteiger partial charge in [0.25, 0.3) is 0 Å². The lowest BCUT2D eigenvalue weighted by molar-refractivity contribution is -0.00340. The van der Waals surface area contributed by atoms with Crippen LogP contribution in [0, 0.1) is 5.41 Å². The van der Waals surface area contributed by atoms with Gasteiger partial charge < -0.3 is 4.74 Å². The molecular formula is C21H21NO2. The zero-order chi connectivity index (χ0) is 17.2. The number of hydrogen-bond donors (Lipinski definition) is 0. The van der Waals surface area contributed by atoms with Crippen LogP contribution in [0.15, 0.2) is 67.0 Å². The number of hydrogen-bond acceptors (Lipinski definition) is 3. The SMILES string of the molecule is CC(C)(C)C(OC(=O)c1cccnc1)c1cccc2ccccc12. The van der Waals surface area contributed by atoms with E-state index in [4.69, 9.17) is 4.74 Å². The third-order valence-electron chi connectivity index (χ3n) is 4.01. The van der Waals surface area contributed by atoms with E-state index in [2.05, 4.69) is 44.0 Å². The Morgan fingerprint density at radius 3 is 2.46 bits per heavy atom. The molecule has 0 saturated carbocycles. The van der Waals surface area contributed by atoms with Gasteiger partial charge in [-0.25, -0.2) is 4.79 Å². The number of ether oxygens (including phenoxy) is 1. The van der Waals surface area contributed by atoms with Crippen LogP contribution >= 0.6 is 0 Å². The van der Waals surface area contributed by atoms with Crippen LogP contribution in [-0.2, 0) is 4.74 Å². The highest BCUT2D eigenvalue weighted by Crippen LogP contribution is 2.39. The fourth-order valence-corrected chi connectivity index (χ4v) is 2.84. The Balaban J connectivity index is 2.03. The maximum absolute atomic E-state index is 12.5. The molecule has 0 aliphatic carbocycles. The normalized spacial score (nSPS) is 12.8. The number of rotatable bonds is 3. The number of aromatic nitrogens is 1. The van der Waals surface area contributed by atoms with Crippen LogP contribution in [0.4, 0.5) is 0 Å². The first-order chi connectivity index (χ1) is 11.5. The van der Waals surface area contributed by atoms with Gasteiger partial charge in [-0.05, 0) is 22.9 Å². The molecule has 122 valence electrons. The van der Waals surface area contributed by atoms with E-state index in [1.54, 1.807) is 18.3 Å². The van der Waals surface area contributed by atoms with Crippen molar-refractivity contribution in [3.63, 3.8) is 0 Å². The molecular weight excluding hydrogens is 298 g/mol. The Labute approximate surface area is 142 Å². The van der Waals surface area contributed by atoms with E-state index in [1.807, 2.05) is 24.3 Å². The lowest BCUT2D eigenvalue weighted by atomic mass is 9.82. The molecule has 24 heavy (non-hydrogen) atoms. The average Bonchev–Trinajstić information content (AvgIpc) is 2.59. The van der Waals surface area contributed by atoms with Crippen LogP contribution in [0.5, 0.6) is 0 Å². The van der Waals surface area contributed by atoms with Crippen molar-refractivity contribution in [1.82, 2.24) is 4.98 Å². The third-order valence-corrected chi connectivity index (χ3v) is 4.01. The number of benzene rings is 2. The van der Waals surface area contributed by atoms with Crippen molar-refractivity contribution in [3.8, 4) is 0 Å². The zero-order valence-electron chi connectivity index (χ0n) is 14.2. The van der Waals surface area contributed by atoms with Crippen molar-refractivity contribution in [1.29, 1.82) is 0 Å². The van der Waals surface area contributed by atoms with Crippen LogP contribution in [-0.4, -0.2) is 11.0 Å². The van der Waals surface area contributed by atoms with E-state index in [-0.39, 0.29) is 17.5 Å². The molecule has 1 atom stereocenters. The minimum Gasteiger partial charge on any atom is -0.453 e. The van der Waals surface area contributed by atoms with E-state index < -0.39 is 0 Å². The van der Waals surface area contributed by atoms with Crippen LogP contribution in [0.25, 0.3) is 10.8 Å². The first-order valence-electron chi connectivity index (χ1n) is 8.05. The molecule has 1 aromatic heterocycles. The number of nitrogens with zero attached hydrogens (tertiary/aromatic N) is 1. The molecule has 0 fully saturated rings. The zero-order valence-corrected chi connectivity index (χ0v) is 14.2. The van der Waals surface area contributed by atoms with Gasteiger partial charge in [0.05, 0.1) is 5.56 Å². The summed E-state index contributed by atoms with van der Waals surface area (Å²) >= 11 is 0. The van der Waals surface area contributed by atoms with Crippen LogP contribution in [0.3, 0.4) is 0 Å². The number of carbonyl (C=O) groups excluding carboxylic acids is 1. The third kappa shape index (κ3) is 3.30. The smallest absolute Gasteiger partial charge is 0.340 e. The average molecular weight is 319 g/mol. The highest BCUT2D eigenvalue weighted by Gasteiger charge is 2.31. The Morgan fingerprint density at radius 2 is 1.75 bits per heavy atom. The van der Waals surface area contributed by atoms with Gasteiger partial charge in [0.15, 0.2) is 0 Å². The van der Waals surface area contributed by atoms with Crippen LogP contribution in [0.1, 0.15) is 42.8 Å². The number of pyridine rings is 1. The molecule has 0 radical (unpaired) electrons. The second kappa shape index (κ2) is 6.44. The molecule has 0 bridgehead atoms. The molecule has 0 spiro atoms. The summed E-state index contributed by atoms with van der Waals surface area (Å²) in [5.41, 5.74) is 1.26. The van der Waals surface area contributed by atoms with E-state index in [1.165, 1.54) is 6.20 Å². The van der Waals surface area contributed by atoms with E-state index in [0.29, 0.717) is 5.56 Å². The molecule has 2 aromatic carbocycles. The minimum atomic E-state index is -0.351. The fraction of sp³-hybridized carbons (Fsp3) is 0.238. The van der Waals surface area contributed by atoms with Gasteiger partial charge in [-0.3, -0.25) is 4.98 Å². The van der Waals surface area contributed by atoms with Gasteiger partial charge in [-0.15, -0.1) is 0 Å². The minimum absolute atomic E-state index is 0.234. The highest BCUT2D eigenvalue weighted by molar-refractivity contribution is 5.90. The first kappa shape index (κ1) is 16.2. The summed E-state index contributed by atoms with van der Waals surface area (Å²) in [5, 5.41) is 2.25. The second-order valence-corrected chi connectivity index (χ2v) is 6.96. The molecule has 3 nitrogen and oxygen atoms in total. The fourth-order valence-electron chi connectivity index (χ4n) is 2.84. The summed E-state index contributed by atoms with van der Waals surface area (Å²) in [5.74, 6) is -0.351. The molecule has 0 N–H and O–H groups in total. The first-order valence-corrected chi connectivity index (χ1v) is 8.05. The summed E-state index contributed by atoms with van der Waals surface area (Å²) in [6.45, 7) is 6.24. The Bertz CT molecular complexity index is 845. The summed E-state index contributed by atoms with van der Waals surface area (Å²) in [4.78, 5) is 16.5. The van der Waals surface area contributed by atoms with Crippen molar-refractivity contribution in [2.24, 2.45) is 5.41 Å². The molecule has 1 unspecified atom stereocenters. The second-order valence-electron chi connectivity index (χ2n) is 6.96. The summed E-state index contributed by atoms with van der Waals surface area (Å²) in [6, 6.07) is 17.7. The van der Waals surface area contributed by atoms with Gasteiger partial charge in [0, 0.05) is 23.4 Å². The maximum Gasteiger partial charge on any atom is 0.340 e. The van der Waals surface area contributed by atoms with Gasteiger partial charge >= 0.3 is 5.97 Å². The Morgan fingerprint density at radius 1 is 1.00 bits per heavy atom. The van der Waals surface area contributed by atoms with Gasteiger partial charge in [0.1, 0.15) is 6.10 Å². The maximum atomic E-state index is 12.5. The quantitative estimate of drug-likeness (QED) is 0.624. The van der Waals surface area contributed by atoms with Gasteiger partial charge in [-0.2, -0.15) is 0 Å². The van der Waals surface area contributed by atoms with Gasteiger partial charge in [0.2, 0.25) is 0 Å². The van der Waals surface area contributed by atoms with E-state index in [0.717, 1.165) is 16.3 Å². The monoisotopic (exact) mass is 319 g/mol. The standard InChI is InChI=1S/C21H21NO2/c1-21(2,3)19(24-20(23)16-10-7-13-22-14-16)18-12-6-9-15-8-4-5-11-17(15)18/h4-14,19H,1-3H3. The molecule has 0 saturated heterocycles. The van der Waals surface area contributed by atoms with Crippen molar-refractivity contribution < 1.29 is 9.53 Å². The van der Waals surface area contributed by atoms with Crippen LogP contribution < -0.4 is 0 Å². The van der Waals surface area contributed by atoms with Crippen molar-refractivity contribution in [3.05, 3.63) is 78.1 Å². The van der Waals surface area contributed by atoms with Crippen molar-refractivity contribution in [2.45, 2.75) is 26.9 Å². The van der Waals surface area contributed by atoms with Crippen LogP contribution in [0.2, 0.25) is 0 Å².